The lowest BCUT2D eigenvalue weighted by Gasteiger charge is -2.35. The van der Waals surface area contributed by atoms with Gasteiger partial charge in [0.25, 0.3) is 10.1 Å². The van der Waals surface area contributed by atoms with E-state index in [9.17, 15) is 39.6 Å². The summed E-state index contributed by atoms with van der Waals surface area (Å²) in [6, 6.07) is 2.96. The zero-order valence-electron chi connectivity index (χ0n) is 12.6. The highest BCUT2D eigenvalue weighted by Crippen LogP contribution is 2.47. The van der Waals surface area contributed by atoms with Gasteiger partial charge in [-0.2, -0.15) is 34.8 Å². The Morgan fingerprint density at radius 1 is 1.12 bits per heavy atom. The molecule has 0 aliphatic heterocycles. The SMILES string of the molecule is [B]Cc1ccc([B])cc1C(=O)OC(CS(=O)(=O)O)(C(F)(F)F)C(F)(F)F. The predicted molar refractivity (Wildman–Crippen MR) is 78.0 cm³/mol. The van der Waals surface area contributed by atoms with E-state index in [1.807, 2.05) is 0 Å². The van der Waals surface area contributed by atoms with Gasteiger partial charge < -0.3 is 4.74 Å². The van der Waals surface area contributed by atoms with Gasteiger partial charge in [0, 0.05) is 0 Å². The van der Waals surface area contributed by atoms with E-state index < -0.39 is 51.7 Å². The quantitative estimate of drug-likeness (QED) is 0.346. The fraction of sp³-hybridized carbons (Fsp3) is 0.417. The van der Waals surface area contributed by atoms with Crippen molar-refractivity contribution < 1.29 is 48.8 Å². The molecule has 0 aliphatic rings. The van der Waals surface area contributed by atoms with Crippen LogP contribution in [-0.4, -0.2) is 58.3 Å². The molecule has 1 rings (SSSR count). The summed E-state index contributed by atoms with van der Waals surface area (Å²) in [4.78, 5) is 12.0. The van der Waals surface area contributed by atoms with E-state index in [4.69, 9.17) is 20.2 Å². The van der Waals surface area contributed by atoms with Crippen LogP contribution < -0.4 is 5.46 Å². The molecular formula is C12H8B2F6O5S. The molecule has 0 heterocycles. The second-order valence-electron chi connectivity index (χ2n) is 5.06. The van der Waals surface area contributed by atoms with Crippen LogP contribution in [0.5, 0.6) is 0 Å². The standard InChI is InChI=1S/C12H8B2F6O5S/c13-4-6-1-2-7(14)3-8(6)9(21)25-10(11(15,16)17,12(18,19)20)5-26(22,23)24/h1-3H,4-5H2,(H,22,23,24). The van der Waals surface area contributed by atoms with Crippen LogP contribution in [0.2, 0.25) is 0 Å². The first kappa shape index (κ1) is 22.4. The molecule has 0 saturated heterocycles. The van der Waals surface area contributed by atoms with Gasteiger partial charge in [0.15, 0.2) is 0 Å². The summed E-state index contributed by atoms with van der Waals surface area (Å²) in [5.74, 6) is -5.14. The average molecular weight is 400 g/mol. The minimum absolute atomic E-state index is 0.200. The van der Waals surface area contributed by atoms with Gasteiger partial charge >= 0.3 is 23.9 Å². The summed E-state index contributed by atoms with van der Waals surface area (Å²) in [6.07, 6.45) is -13.3. The van der Waals surface area contributed by atoms with Crippen molar-refractivity contribution in [2.45, 2.75) is 24.3 Å². The molecule has 5 nitrogen and oxygen atoms in total. The molecule has 0 bridgehead atoms. The fourth-order valence-electron chi connectivity index (χ4n) is 1.90. The van der Waals surface area contributed by atoms with Crippen LogP contribution in [0.3, 0.4) is 0 Å². The first-order valence-corrected chi connectivity index (χ1v) is 8.05. The topological polar surface area (TPSA) is 80.7 Å². The summed E-state index contributed by atoms with van der Waals surface area (Å²) < 4.78 is 112. The van der Waals surface area contributed by atoms with Crippen LogP contribution in [-0.2, 0) is 21.2 Å². The van der Waals surface area contributed by atoms with Crippen LogP contribution in [0.4, 0.5) is 26.3 Å². The first-order chi connectivity index (χ1) is 11.5. The summed E-state index contributed by atoms with van der Waals surface area (Å²) in [5, 5.41) is 0. The Labute approximate surface area is 146 Å². The Hall–Kier alpha value is -1.69. The normalized spacial score (nSPS) is 13.5. The Morgan fingerprint density at radius 2 is 1.62 bits per heavy atom. The lowest BCUT2D eigenvalue weighted by molar-refractivity contribution is -0.356. The van der Waals surface area contributed by atoms with Crippen molar-refractivity contribution in [3.63, 3.8) is 0 Å². The maximum absolute atomic E-state index is 13.1. The van der Waals surface area contributed by atoms with Crippen LogP contribution in [0.25, 0.3) is 0 Å². The number of ether oxygens (including phenoxy) is 1. The van der Waals surface area contributed by atoms with Crippen LogP contribution >= 0.6 is 0 Å². The number of hydrogen-bond acceptors (Lipinski definition) is 4. The van der Waals surface area contributed by atoms with Crippen molar-refractivity contribution in [1.82, 2.24) is 0 Å². The highest BCUT2D eigenvalue weighted by Gasteiger charge is 2.76. The predicted octanol–water partition coefficient (Wildman–Crippen LogP) is 1.06. The molecule has 26 heavy (non-hydrogen) atoms. The van der Waals surface area contributed by atoms with Gasteiger partial charge in [0.05, 0.1) is 13.4 Å². The molecule has 1 N–H and O–H groups in total. The Bertz CT molecular complexity index is 776. The van der Waals surface area contributed by atoms with E-state index in [1.165, 1.54) is 6.07 Å². The van der Waals surface area contributed by atoms with Crippen molar-refractivity contribution in [2.24, 2.45) is 0 Å². The Balaban J connectivity index is 3.56. The molecule has 0 spiro atoms. The summed E-state index contributed by atoms with van der Waals surface area (Å²) in [5.41, 5.74) is -6.72. The molecule has 0 aliphatic carbocycles. The van der Waals surface area contributed by atoms with Crippen molar-refractivity contribution in [2.75, 3.05) is 5.75 Å². The van der Waals surface area contributed by atoms with Gasteiger partial charge in [-0.3, -0.25) is 4.55 Å². The number of rotatable bonds is 5. The van der Waals surface area contributed by atoms with Gasteiger partial charge in [-0.15, -0.1) is 0 Å². The van der Waals surface area contributed by atoms with Gasteiger partial charge in [-0.25, -0.2) is 4.79 Å². The lowest BCUT2D eigenvalue weighted by atomic mass is 9.87. The van der Waals surface area contributed by atoms with E-state index in [1.54, 1.807) is 0 Å². The van der Waals surface area contributed by atoms with Crippen LogP contribution in [0.15, 0.2) is 18.2 Å². The second kappa shape index (κ2) is 7.14. The van der Waals surface area contributed by atoms with E-state index in [0.717, 1.165) is 12.1 Å². The molecule has 0 saturated carbocycles. The zero-order valence-corrected chi connectivity index (χ0v) is 13.4. The maximum Gasteiger partial charge on any atom is 0.438 e. The molecular weight excluding hydrogens is 392 g/mol. The van der Waals surface area contributed by atoms with Crippen LogP contribution in [0, 0.1) is 0 Å². The van der Waals surface area contributed by atoms with Crippen LogP contribution in [0.1, 0.15) is 15.9 Å². The molecule has 0 amide bonds. The third-order valence-corrected chi connectivity index (χ3v) is 3.91. The highest BCUT2D eigenvalue weighted by molar-refractivity contribution is 7.85. The Kier molecular flexibility index (Phi) is 6.14. The summed E-state index contributed by atoms with van der Waals surface area (Å²) in [7, 11) is 4.71. The van der Waals surface area contributed by atoms with Crippen molar-refractivity contribution in [3.8, 4) is 0 Å². The number of carbonyl (C=O) groups is 1. The van der Waals surface area contributed by atoms with Crippen molar-refractivity contribution in [3.05, 3.63) is 29.3 Å². The number of alkyl halides is 6. The number of halogens is 6. The summed E-state index contributed by atoms with van der Waals surface area (Å²) in [6.45, 7) is 0. The monoisotopic (exact) mass is 400 g/mol. The average Bonchev–Trinajstić information content (AvgIpc) is 2.42. The largest absolute Gasteiger partial charge is 0.438 e. The number of hydrogen-bond donors (Lipinski definition) is 1. The molecule has 0 unspecified atom stereocenters. The van der Waals surface area contributed by atoms with Gasteiger partial charge in [0.1, 0.15) is 13.6 Å². The minimum atomic E-state index is -6.42. The van der Waals surface area contributed by atoms with Crippen molar-refractivity contribution >= 4 is 37.2 Å². The molecule has 4 radical (unpaired) electrons. The first-order valence-electron chi connectivity index (χ1n) is 6.44. The van der Waals surface area contributed by atoms with Gasteiger partial charge in [0.2, 0.25) is 0 Å². The molecule has 0 aromatic heterocycles. The molecule has 1 aromatic carbocycles. The smallest absolute Gasteiger partial charge is 0.435 e. The van der Waals surface area contributed by atoms with E-state index in [-0.39, 0.29) is 11.0 Å². The molecule has 1 aromatic rings. The second-order valence-corrected chi connectivity index (χ2v) is 6.51. The fourth-order valence-corrected chi connectivity index (χ4v) is 2.80. The van der Waals surface area contributed by atoms with E-state index in [0.29, 0.717) is 0 Å². The van der Waals surface area contributed by atoms with E-state index >= 15 is 0 Å². The molecule has 0 atom stereocenters. The molecule has 14 heteroatoms. The third kappa shape index (κ3) is 4.72. The molecule has 0 fully saturated rings. The minimum Gasteiger partial charge on any atom is -0.435 e. The van der Waals surface area contributed by atoms with E-state index in [2.05, 4.69) is 4.74 Å². The van der Waals surface area contributed by atoms with Gasteiger partial charge in [-0.1, -0.05) is 30.0 Å². The Morgan fingerprint density at radius 3 is 2.00 bits per heavy atom. The lowest BCUT2D eigenvalue weighted by Crippen LogP contribution is -2.63. The number of benzene rings is 1. The third-order valence-electron chi connectivity index (χ3n) is 3.14. The van der Waals surface area contributed by atoms with Crippen molar-refractivity contribution in [1.29, 1.82) is 0 Å². The zero-order chi connectivity index (χ0) is 20.6. The number of esters is 1. The summed E-state index contributed by atoms with van der Waals surface area (Å²) >= 11 is 0. The molecule has 140 valence electrons. The highest BCUT2D eigenvalue weighted by atomic mass is 32.2. The maximum atomic E-state index is 13.1. The number of carbonyl (C=O) groups excluding carboxylic acids is 1. The van der Waals surface area contributed by atoms with Gasteiger partial charge in [-0.05, 0) is 5.56 Å².